The predicted molar refractivity (Wildman–Crippen MR) is 580 cm³/mol. The molecule has 0 saturated carbocycles. The van der Waals surface area contributed by atoms with Crippen LogP contribution in [0.5, 0.6) is 11.5 Å². The Balaban J connectivity index is 0.000000114. The summed E-state index contributed by atoms with van der Waals surface area (Å²) in [7, 11) is 3.39. The summed E-state index contributed by atoms with van der Waals surface area (Å²) in [6.07, 6.45) is 12.5. The first-order valence-corrected chi connectivity index (χ1v) is 47.9. The molecule has 0 atom stereocenters. The van der Waals surface area contributed by atoms with Gasteiger partial charge in [0.1, 0.15) is 55.8 Å². The Morgan fingerprint density at radius 2 is 0.803 bits per heavy atom. The van der Waals surface area contributed by atoms with Crippen molar-refractivity contribution in [1.82, 2.24) is 34.9 Å². The van der Waals surface area contributed by atoms with Gasteiger partial charge in [-0.05, 0) is 226 Å². The van der Waals surface area contributed by atoms with Crippen LogP contribution in [0.1, 0.15) is 105 Å². The van der Waals surface area contributed by atoms with Crippen LogP contribution in [0.4, 0.5) is 5.69 Å². The highest BCUT2D eigenvalue weighted by molar-refractivity contribution is 7.18. The number of hydrogen-bond acceptors (Lipinski definition) is 18. The van der Waals surface area contributed by atoms with Crippen molar-refractivity contribution in [3.8, 4) is 83.9 Å². The number of methoxy groups -OCH3 is 2. The van der Waals surface area contributed by atoms with E-state index < -0.39 is 0 Å². The van der Waals surface area contributed by atoms with Gasteiger partial charge in [-0.2, -0.15) is 4.80 Å². The number of hydrogen-bond donors (Lipinski definition) is 0. The number of rotatable bonds is 18. The molecule has 700 valence electrons. The van der Waals surface area contributed by atoms with Crippen LogP contribution < -0.4 is 25.6 Å². The molecule has 0 N–H and O–H groups in total. The van der Waals surface area contributed by atoms with Crippen LogP contribution in [-0.2, 0) is 10.8 Å². The fourth-order valence-corrected chi connectivity index (χ4v) is 17.5. The molecular formula is C123H102N8O10S. The summed E-state index contributed by atoms with van der Waals surface area (Å²) in [5.74, 6) is 4.28. The van der Waals surface area contributed by atoms with E-state index in [1.807, 2.05) is 244 Å². The molecule has 0 fully saturated rings. The Morgan fingerprint density at radius 3 is 1.32 bits per heavy atom. The highest BCUT2D eigenvalue weighted by Crippen LogP contribution is 2.40. The van der Waals surface area contributed by atoms with Gasteiger partial charge in [0.05, 0.1) is 35.2 Å². The zero-order chi connectivity index (χ0) is 98.0. The maximum absolute atomic E-state index is 12.6. The summed E-state index contributed by atoms with van der Waals surface area (Å²) in [4.78, 5) is 48.2. The summed E-state index contributed by atoms with van der Waals surface area (Å²) in [6.45, 7) is 21.2. The molecule has 8 aromatic heterocycles. The summed E-state index contributed by atoms with van der Waals surface area (Å²) in [6, 6.07) is 118. The first-order valence-electron chi connectivity index (χ1n) is 47.1. The van der Waals surface area contributed by atoms with Gasteiger partial charge in [0.15, 0.2) is 22.3 Å². The third kappa shape index (κ3) is 21.5. The third-order valence-corrected chi connectivity index (χ3v) is 25.7. The summed E-state index contributed by atoms with van der Waals surface area (Å²) < 4.78 is 45.5. The van der Waals surface area contributed by atoms with Crippen LogP contribution in [0.3, 0.4) is 0 Å². The lowest BCUT2D eigenvalue weighted by atomic mass is 9.87. The average molecular weight is 1880 g/mol. The number of nitrogens with zero attached hydrogens (tertiary/aromatic N) is 8. The van der Waals surface area contributed by atoms with Crippen molar-refractivity contribution >= 4 is 142 Å². The average Bonchev–Trinajstić information content (AvgIpc) is 1.60. The summed E-state index contributed by atoms with van der Waals surface area (Å²) >= 11 is 1.58. The maximum Gasteiger partial charge on any atom is 0.344 e. The molecule has 0 saturated heterocycles. The van der Waals surface area contributed by atoms with Gasteiger partial charge < -0.3 is 40.9 Å². The zero-order valence-electron chi connectivity index (χ0n) is 80.5. The molecular weight excluding hydrogens is 1780 g/mol. The smallest absolute Gasteiger partial charge is 0.344 e. The molecule has 19 heteroatoms. The lowest BCUT2D eigenvalue weighted by Crippen LogP contribution is -2.21. The Labute approximate surface area is 825 Å². The second-order valence-electron chi connectivity index (χ2n) is 36.3. The Morgan fingerprint density at radius 1 is 0.345 bits per heavy atom. The number of para-hydroxylation sites is 6. The van der Waals surface area contributed by atoms with E-state index >= 15 is 0 Å². The van der Waals surface area contributed by atoms with Gasteiger partial charge in [0.25, 0.3) is 0 Å². The zero-order valence-corrected chi connectivity index (χ0v) is 81.3. The van der Waals surface area contributed by atoms with E-state index in [1.54, 1.807) is 36.4 Å². The van der Waals surface area contributed by atoms with E-state index in [4.69, 9.17) is 51.0 Å². The Kier molecular flexibility index (Phi) is 27.3. The Hall–Kier alpha value is -17.4. The fraction of sp³-hybridized carbons (Fsp3) is 0.122. The lowest BCUT2D eigenvalue weighted by Gasteiger charge is -2.21. The molecule has 0 amide bonds. The number of anilines is 1. The molecule has 8 heterocycles. The Bertz CT molecular complexity index is 8290. The van der Waals surface area contributed by atoms with E-state index in [0.29, 0.717) is 40.3 Å². The number of thiophene rings is 1. The van der Waals surface area contributed by atoms with Crippen molar-refractivity contribution in [1.29, 1.82) is 0 Å². The van der Waals surface area contributed by atoms with Crippen molar-refractivity contribution in [3.05, 3.63) is 429 Å². The van der Waals surface area contributed by atoms with Crippen molar-refractivity contribution < 1.29 is 36.0 Å². The van der Waals surface area contributed by atoms with E-state index in [9.17, 15) is 9.59 Å². The van der Waals surface area contributed by atoms with Gasteiger partial charge in [0, 0.05) is 75.4 Å². The first kappa shape index (κ1) is 93.6. The maximum atomic E-state index is 12.6. The highest BCUT2D eigenvalue weighted by atomic mass is 32.1. The van der Waals surface area contributed by atoms with Crippen molar-refractivity contribution in [2.45, 2.75) is 73.1 Å². The molecule has 18 nitrogen and oxygen atoms in total. The molecule has 0 aliphatic heterocycles. The number of fused-ring (bicyclic) bond motifs is 9. The topological polar surface area (TPSA) is 217 Å². The third-order valence-electron chi connectivity index (χ3n) is 24.6. The van der Waals surface area contributed by atoms with Crippen LogP contribution in [0, 0.1) is 6.92 Å². The van der Waals surface area contributed by atoms with Gasteiger partial charge in [-0.1, -0.05) is 284 Å². The largest absolute Gasteiger partial charge is 0.496 e. The van der Waals surface area contributed by atoms with Gasteiger partial charge in [-0.25, -0.2) is 29.5 Å². The normalized spacial score (nSPS) is 11.7. The predicted octanol–water partition coefficient (Wildman–Crippen LogP) is 31.4. The van der Waals surface area contributed by atoms with Crippen molar-refractivity contribution in [2.75, 3.05) is 32.2 Å². The molecule has 0 aliphatic rings. The molecule has 23 aromatic rings. The number of benzene rings is 15. The second kappa shape index (κ2) is 41.5. The first-order chi connectivity index (χ1) is 69.1. The monoisotopic (exact) mass is 1880 g/mol. The number of aromatic nitrogens is 7. The van der Waals surface area contributed by atoms with Gasteiger partial charge in [-0.3, -0.25) is 0 Å². The second-order valence-corrected chi connectivity index (χ2v) is 37.4. The van der Waals surface area contributed by atoms with Crippen LogP contribution >= 0.6 is 11.3 Å². The molecule has 0 bridgehead atoms. The number of oxazole rings is 4. The molecule has 23 rings (SSSR count). The SMILES string of the molecule is C(=C\c1ccc(-c2nc3ccccc3o2)cc1)/c1ccc(-c2nc3ccccc3o2)cc1.CC(C)(C)c1ccc2oc(-c3ccc(-c4nc5cc(C(C)(C)C)ccc5o4)s3)nc2c1.CCN(CC)c1ccc2c(C)cc(=O)oc2c1.COc1ccccc1/C=C/c1ccc(-c2ccc(/C=C/c3ccccc3OC)cc2)cc1.O=c1oc2cc(-n3nc4ccc5ccccc5c4n3)ccc2cc1-c1ccccc1. The van der Waals surface area contributed by atoms with E-state index in [0.717, 1.165) is 178 Å². The minimum Gasteiger partial charge on any atom is -0.496 e. The van der Waals surface area contributed by atoms with Crippen molar-refractivity contribution in [3.63, 3.8) is 0 Å². The standard InChI is InChI=1S/C30H26O2.C28H18N2O2.C26H26N2O2S.C25H15N3O2.C14H17NO2/c1-31-29-9-5-3-7-27(29)21-15-23-11-17-25(18-12-23)26-19-13-24(14-20-26)16-22-28-8-4-6-10-30(28)32-2;1-3-7-25-23(5-1)29-27(31-25)21-15-11-19(12-16-21)9-10-20-13-17-22(18-14-20)28-30-24-6-2-4-8-26(24)32-28;1-25(2,3)15-7-9-19-17(13-15)27-23(29-19)21-11-12-22(31-21)24-28-18-14-16(26(4,5)6)8-10-20(18)30-24;29-25-21(16-6-2-1-3-7-16)14-18-10-12-19(15-23(18)30-25)28-26-22-13-11-17-8-4-5-9-20(17)24(22)27-28;1-4-15(5-2)11-6-7-12-10(3)8-14(16)17-13(12)9-11/h3-22H,1-2H3;1-18H;7-14H,1-6H3;1-15H;6-9H,4-5H2,1-3H3/b21-15+,22-16+;10-9+;;;. The summed E-state index contributed by atoms with van der Waals surface area (Å²) in [5, 5.41) is 13.3. The molecule has 0 unspecified atom stereocenters. The minimum atomic E-state index is -0.365. The highest BCUT2D eigenvalue weighted by Gasteiger charge is 2.23. The van der Waals surface area contributed by atoms with E-state index in [-0.39, 0.29) is 22.1 Å². The van der Waals surface area contributed by atoms with Gasteiger partial charge in [0.2, 0.25) is 23.6 Å². The van der Waals surface area contributed by atoms with Crippen LogP contribution in [0.2, 0.25) is 0 Å². The van der Waals surface area contributed by atoms with E-state index in [1.165, 1.54) is 28.3 Å². The molecule has 0 aliphatic carbocycles. The van der Waals surface area contributed by atoms with Gasteiger partial charge >= 0.3 is 11.3 Å². The van der Waals surface area contributed by atoms with Crippen molar-refractivity contribution in [2.24, 2.45) is 0 Å². The molecule has 15 aromatic carbocycles. The van der Waals surface area contributed by atoms with Gasteiger partial charge in [-0.15, -0.1) is 21.5 Å². The number of aryl methyl sites for hydroxylation is 1. The minimum absolute atomic E-state index is 0.0726. The van der Waals surface area contributed by atoms with E-state index in [2.05, 4.69) is 221 Å². The fourth-order valence-electron chi connectivity index (χ4n) is 16.7. The number of ether oxygens (including phenoxy) is 2. The van der Waals surface area contributed by atoms with Crippen LogP contribution in [0.15, 0.2) is 394 Å². The molecule has 0 spiro atoms. The summed E-state index contributed by atoms with van der Waals surface area (Å²) in [5.41, 5.74) is 26.6. The quantitative estimate of drug-likeness (QED) is 0.0576. The van der Waals surface area contributed by atoms with Crippen LogP contribution in [-0.4, -0.2) is 62.2 Å². The molecule has 0 radical (unpaired) electrons. The molecule has 142 heavy (non-hydrogen) atoms. The lowest BCUT2D eigenvalue weighted by molar-refractivity contribution is 0.414. The van der Waals surface area contributed by atoms with Crippen LogP contribution in [0.25, 0.3) is 197 Å².